The molecular weight excluding hydrogens is 948 g/mol. The smallest absolute Gasteiger partial charge is 0.471 e. The number of nitrogen functional groups attached to an aromatic ring is 1. The second-order valence-corrected chi connectivity index (χ2v) is 15.5. The molecule has 1 aromatic carbocycles. The lowest BCUT2D eigenvalue weighted by atomic mass is 10.1. The van der Waals surface area contributed by atoms with Crippen LogP contribution >= 0.6 is 12.6 Å². The summed E-state index contributed by atoms with van der Waals surface area (Å²) >= 11 is 3.84. The third-order valence-corrected chi connectivity index (χ3v) is 9.94. The predicted molar refractivity (Wildman–Crippen MR) is 236 cm³/mol. The fourth-order valence-electron chi connectivity index (χ4n) is 5.69. The summed E-state index contributed by atoms with van der Waals surface area (Å²) in [6, 6.07) is -5.33. The van der Waals surface area contributed by atoms with Crippen LogP contribution in [0, 0.1) is 0 Å². The molecule has 30 heteroatoms. The Morgan fingerprint density at radius 2 is 1.17 bits per heavy atom. The number of hydrogen-bond donors (Lipinski definition) is 12. The molecule has 3 aromatic rings. The van der Waals surface area contributed by atoms with Gasteiger partial charge in [0.2, 0.25) is 41.4 Å². The van der Waals surface area contributed by atoms with E-state index in [2.05, 4.69) is 69.8 Å². The molecule has 7 atom stereocenters. The molecule has 0 saturated carbocycles. The Hall–Kier alpha value is -7.92. The monoisotopic (exact) mass is 995 g/mol. The highest BCUT2D eigenvalue weighted by molar-refractivity contribution is 7.80. The summed E-state index contributed by atoms with van der Waals surface area (Å²) < 4.78 is 40.9. The van der Waals surface area contributed by atoms with Crippen molar-refractivity contribution in [3.63, 3.8) is 0 Å². The first-order chi connectivity index (χ1) is 32.1. The normalized spacial score (nSPS) is 14.2. The Morgan fingerprint density at radius 1 is 0.710 bits per heavy atom. The van der Waals surface area contributed by atoms with Crippen molar-refractivity contribution in [1.29, 1.82) is 0 Å². The number of carbonyl (C=O) groups is 10. The molecule has 0 aliphatic carbocycles. The summed E-state index contributed by atoms with van der Waals surface area (Å²) in [6.07, 6.45) is -5.47. The molecule has 0 radical (unpaired) electrons. The largest absolute Gasteiger partial charge is 0.480 e. The number of thiol groups is 1. The number of aromatic amines is 1. The maximum atomic E-state index is 13.6. The van der Waals surface area contributed by atoms with Gasteiger partial charge in [0.05, 0.1) is 18.4 Å². The van der Waals surface area contributed by atoms with Crippen LogP contribution in [0.3, 0.4) is 0 Å². The van der Waals surface area contributed by atoms with Gasteiger partial charge in [-0.05, 0) is 65.3 Å². The summed E-state index contributed by atoms with van der Waals surface area (Å²) in [5.41, 5.74) is 3.15. The van der Waals surface area contributed by atoms with E-state index in [9.17, 15) is 71.0 Å². The Bertz CT molecular complexity index is 2530. The zero-order valence-corrected chi connectivity index (χ0v) is 38.0. The standard InChI is InChI=1S/C39H48F3N13O13S/c1-15(28(57)46-16(2)29(58)47-17(3)30(59)48-18(4)31(60)49-19(5)32(61)52-24(14-69)36(66)67)45-25(56)11-10-23(35(64)65)51-33(62)20-6-8-22(9-7-20)55(37(68)39(40,41)42)13-21-12-44-27-26(50-21)34(63)54-38(43)53-27/h6-9,12,15-19,23-24,69H,10-11,13-14H2,1-5H3,(H,45,56)(H,46,57)(H,47,58)(H,48,59)(H,49,60)(H,51,62)(H,52,61)(H,64,65)(H,66,67)(H3,43,44,53,54,63)/t15-,16+,17-,18+,19-,23+,24+/m0/s1. The predicted octanol–water partition coefficient (Wildman–Crippen LogP) is -2.62. The molecule has 69 heavy (non-hydrogen) atoms. The second-order valence-electron chi connectivity index (χ2n) is 15.1. The Kier molecular flexibility index (Phi) is 19.4. The van der Waals surface area contributed by atoms with E-state index in [0.29, 0.717) is 0 Å². The summed E-state index contributed by atoms with van der Waals surface area (Å²) in [4.78, 5) is 151. The van der Waals surface area contributed by atoms with E-state index < -0.39 is 133 Å². The average Bonchev–Trinajstić information content (AvgIpc) is 3.27. The Balaban J connectivity index is 1.51. The maximum Gasteiger partial charge on any atom is 0.471 e. The molecule has 12 N–H and O–H groups in total. The number of alkyl halides is 3. The molecule has 0 fully saturated rings. The van der Waals surface area contributed by atoms with Crippen molar-refractivity contribution in [2.24, 2.45) is 0 Å². The van der Waals surface area contributed by atoms with Crippen molar-refractivity contribution in [3.8, 4) is 0 Å². The van der Waals surface area contributed by atoms with E-state index >= 15 is 0 Å². The minimum Gasteiger partial charge on any atom is -0.480 e. The number of hydrogen-bond acceptors (Lipinski definition) is 16. The number of aromatic nitrogens is 4. The minimum atomic E-state index is -5.38. The Morgan fingerprint density at radius 3 is 1.62 bits per heavy atom. The van der Waals surface area contributed by atoms with E-state index in [0.717, 1.165) is 30.5 Å². The van der Waals surface area contributed by atoms with Gasteiger partial charge in [-0.15, -0.1) is 0 Å². The van der Waals surface area contributed by atoms with Gasteiger partial charge in [-0.3, -0.25) is 53.0 Å². The summed E-state index contributed by atoms with van der Waals surface area (Å²) in [5.74, 6) is -11.8. The van der Waals surface area contributed by atoms with Crippen LogP contribution in [0.2, 0.25) is 0 Å². The molecule has 0 bridgehead atoms. The molecule has 2 aromatic heterocycles. The maximum absolute atomic E-state index is 13.6. The zero-order valence-electron chi connectivity index (χ0n) is 37.1. The minimum absolute atomic E-state index is 0.211. The third-order valence-electron chi connectivity index (χ3n) is 9.57. The fraction of sp³-hybridized carbons (Fsp3) is 0.436. The number of nitrogens with one attached hydrogen (secondary N) is 8. The van der Waals surface area contributed by atoms with E-state index in [1.54, 1.807) is 0 Å². The second kappa shape index (κ2) is 24.2. The van der Waals surface area contributed by atoms with Crippen molar-refractivity contribution in [1.82, 2.24) is 57.2 Å². The molecule has 0 aliphatic rings. The van der Waals surface area contributed by atoms with Crippen molar-refractivity contribution < 1.29 is 71.3 Å². The van der Waals surface area contributed by atoms with Crippen LogP contribution in [-0.2, 0) is 49.7 Å². The third kappa shape index (κ3) is 16.1. The quantitative estimate of drug-likeness (QED) is 0.0458. The molecule has 26 nitrogen and oxygen atoms in total. The number of nitrogens with zero attached hydrogens (tertiary/aromatic N) is 4. The molecule has 0 spiro atoms. The van der Waals surface area contributed by atoms with Crippen LogP contribution < -0.4 is 53.4 Å². The van der Waals surface area contributed by atoms with E-state index in [1.807, 2.05) is 0 Å². The van der Waals surface area contributed by atoms with Gasteiger partial charge >= 0.3 is 24.0 Å². The lowest BCUT2D eigenvalue weighted by Crippen LogP contribution is -2.57. The van der Waals surface area contributed by atoms with Crippen LogP contribution in [0.15, 0.2) is 35.3 Å². The molecular formula is C39H48F3N13O13S. The van der Waals surface area contributed by atoms with Gasteiger partial charge in [0.15, 0.2) is 11.2 Å². The highest BCUT2D eigenvalue weighted by atomic mass is 32.1. The van der Waals surface area contributed by atoms with Crippen LogP contribution in [0.1, 0.15) is 63.5 Å². The van der Waals surface area contributed by atoms with Crippen LogP contribution in [-0.4, -0.2) is 144 Å². The summed E-state index contributed by atoms with van der Waals surface area (Å²) in [7, 11) is 0. The van der Waals surface area contributed by atoms with Crippen LogP contribution in [0.5, 0.6) is 0 Å². The lowest BCUT2D eigenvalue weighted by Gasteiger charge is -2.24. The number of aliphatic carboxylic acids is 2. The Labute approximate surface area is 393 Å². The first-order valence-corrected chi connectivity index (χ1v) is 20.9. The number of carbonyl (C=O) groups excluding carboxylic acids is 8. The first-order valence-electron chi connectivity index (χ1n) is 20.3. The topological polar surface area (TPSA) is 396 Å². The molecule has 0 unspecified atom stereocenters. The van der Waals surface area contributed by atoms with Gasteiger partial charge < -0.3 is 53.2 Å². The number of carboxylic acid groups (broad SMARTS) is 2. The van der Waals surface area contributed by atoms with E-state index in [-0.39, 0.29) is 44.7 Å². The molecule has 2 heterocycles. The van der Waals surface area contributed by atoms with Crippen LogP contribution in [0.4, 0.5) is 24.8 Å². The van der Waals surface area contributed by atoms with Gasteiger partial charge in [-0.25, -0.2) is 19.6 Å². The number of halogens is 3. The molecule has 374 valence electrons. The lowest BCUT2D eigenvalue weighted by molar-refractivity contribution is -0.170. The number of amides is 8. The van der Waals surface area contributed by atoms with E-state index in [4.69, 9.17) is 10.8 Å². The van der Waals surface area contributed by atoms with Gasteiger partial charge in [-0.2, -0.15) is 30.8 Å². The van der Waals surface area contributed by atoms with Crippen molar-refractivity contribution in [3.05, 3.63) is 52.1 Å². The zero-order chi connectivity index (χ0) is 52.1. The number of benzene rings is 1. The van der Waals surface area contributed by atoms with Gasteiger partial charge in [0.1, 0.15) is 42.3 Å². The molecule has 3 rings (SSSR count). The number of carboxylic acids is 2. The highest BCUT2D eigenvalue weighted by Crippen LogP contribution is 2.26. The van der Waals surface area contributed by atoms with Crippen molar-refractivity contribution in [2.45, 2.75) is 102 Å². The van der Waals surface area contributed by atoms with Gasteiger partial charge in [0, 0.05) is 23.4 Å². The average molecular weight is 996 g/mol. The fourth-order valence-corrected chi connectivity index (χ4v) is 5.93. The first kappa shape index (κ1) is 55.4. The molecule has 0 aliphatic heterocycles. The van der Waals surface area contributed by atoms with Gasteiger partial charge in [-0.1, -0.05) is 0 Å². The van der Waals surface area contributed by atoms with Gasteiger partial charge in [0.25, 0.3) is 11.5 Å². The highest BCUT2D eigenvalue weighted by Gasteiger charge is 2.43. The summed E-state index contributed by atoms with van der Waals surface area (Å²) in [6.45, 7) is 5.48. The van der Waals surface area contributed by atoms with Crippen molar-refractivity contribution in [2.75, 3.05) is 16.4 Å². The molecule has 8 amide bonds. The number of anilines is 2. The number of fused-ring (bicyclic) bond motifs is 1. The molecule has 0 saturated heterocycles. The number of H-pyrrole nitrogens is 1. The number of rotatable bonds is 22. The van der Waals surface area contributed by atoms with E-state index in [1.165, 1.54) is 34.6 Å². The summed E-state index contributed by atoms with van der Waals surface area (Å²) in [5, 5.41) is 34.8. The number of nitrogens with two attached hydrogens (primary N) is 1. The van der Waals surface area contributed by atoms with Crippen molar-refractivity contribution >= 4 is 94.6 Å². The van der Waals surface area contributed by atoms with Crippen LogP contribution in [0.25, 0.3) is 11.2 Å². The SMILES string of the molecule is C[C@H](NC(=O)CC[C@@H](NC(=O)c1ccc(N(Cc2cnc3nc(N)[nH]c(=O)c3n2)C(=O)C(F)(F)F)cc1)C(=O)O)C(=O)N[C@H](C)C(=O)N[C@@H](C)C(=O)N[C@H](C)C(=O)N[C@@H](C)C(=O)N[C@H](CS)C(=O)O.